The molecule has 114 valence electrons. The van der Waals surface area contributed by atoms with Crippen molar-refractivity contribution in [1.29, 1.82) is 0 Å². The molecule has 1 aromatic rings. The zero-order valence-electron chi connectivity index (χ0n) is 12.0. The van der Waals surface area contributed by atoms with Crippen LogP contribution in [0.1, 0.15) is 24.2 Å². The van der Waals surface area contributed by atoms with Gasteiger partial charge in [0.15, 0.2) is 5.78 Å². The first-order valence-electron chi connectivity index (χ1n) is 6.47. The Morgan fingerprint density at radius 1 is 1.29 bits per heavy atom. The average Bonchev–Trinajstić information content (AvgIpc) is 2.81. The fraction of sp³-hybridized carbons (Fsp3) is 0.333. The Morgan fingerprint density at radius 2 is 1.95 bits per heavy atom. The third kappa shape index (κ3) is 4.25. The van der Waals surface area contributed by atoms with Crippen LogP contribution in [0.4, 0.5) is 0 Å². The summed E-state index contributed by atoms with van der Waals surface area (Å²) < 4.78 is 5.00. The monoisotopic (exact) mass is 327 g/mol. The highest BCUT2D eigenvalue weighted by molar-refractivity contribution is 8.04. The standard InChI is InChI=1S/C15H17NO3S.ClH/c1-3-19-15(18)14-11(2)16(10-20-14)9-13(17)12-7-5-4-6-8-12;/h4-8H,3,9-10H2,1-2H3;1H. The van der Waals surface area contributed by atoms with Crippen molar-refractivity contribution in [3.8, 4) is 0 Å². The zero-order valence-corrected chi connectivity index (χ0v) is 13.6. The van der Waals surface area contributed by atoms with Gasteiger partial charge in [-0.1, -0.05) is 42.1 Å². The van der Waals surface area contributed by atoms with Gasteiger partial charge in [-0.2, -0.15) is 0 Å². The fourth-order valence-electron chi connectivity index (χ4n) is 1.94. The lowest BCUT2D eigenvalue weighted by Gasteiger charge is -2.17. The first-order valence-corrected chi connectivity index (χ1v) is 7.46. The summed E-state index contributed by atoms with van der Waals surface area (Å²) in [6.07, 6.45) is 0. The van der Waals surface area contributed by atoms with Gasteiger partial charge >= 0.3 is 5.97 Å². The molecule has 0 unspecified atom stereocenters. The Bertz CT molecular complexity index is 545. The molecule has 0 aromatic heterocycles. The molecule has 0 fully saturated rings. The molecule has 0 saturated carbocycles. The Morgan fingerprint density at radius 3 is 2.57 bits per heavy atom. The predicted octanol–water partition coefficient (Wildman–Crippen LogP) is 3.09. The molecule has 2 rings (SSSR count). The number of benzene rings is 1. The van der Waals surface area contributed by atoms with Gasteiger partial charge in [0.25, 0.3) is 0 Å². The number of ether oxygens (including phenoxy) is 1. The van der Waals surface area contributed by atoms with Crippen molar-refractivity contribution in [2.75, 3.05) is 19.0 Å². The highest BCUT2D eigenvalue weighted by atomic mass is 35.5. The van der Waals surface area contributed by atoms with Gasteiger partial charge in [-0.3, -0.25) is 4.79 Å². The second-order valence-corrected chi connectivity index (χ2v) is 5.35. The van der Waals surface area contributed by atoms with E-state index in [1.54, 1.807) is 19.1 Å². The SMILES string of the molecule is CCOC(=O)C1=C(C)N(CC(=O)c2ccccc2)CS1.Cl. The molecule has 6 heteroatoms. The first kappa shape index (κ1) is 17.6. The van der Waals surface area contributed by atoms with Gasteiger partial charge in [0.05, 0.1) is 19.0 Å². The molecule has 0 atom stereocenters. The first-order chi connectivity index (χ1) is 9.63. The lowest BCUT2D eigenvalue weighted by molar-refractivity contribution is -0.137. The molecule has 21 heavy (non-hydrogen) atoms. The second kappa shape index (κ2) is 8.10. The van der Waals surface area contributed by atoms with Gasteiger partial charge < -0.3 is 9.64 Å². The summed E-state index contributed by atoms with van der Waals surface area (Å²) in [5, 5.41) is 0. The quantitative estimate of drug-likeness (QED) is 0.614. The number of halogens is 1. The van der Waals surface area contributed by atoms with Crippen molar-refractivity contribution in [2.24, 2.45) is 0 Å². The van der Waals surface area contributed by atoms with Gasteiger partial charge in [0.1, 0.15) is 4.91 Å². The molecule has 0 spiro atoms. The van der Waals surface area contributed by atoms with Crippen molar-refractivity contribution in [3.05, 3.63) is 46.5 Å². The van der Waals surface area contributed by atoms with Crippen LogP contribution < -0.4 is 0 Å². The van der Waals surface area contributed by atoms with Gasteiger partial charge in [0, 0.05) is 11.3 Å². The predicted molar refractivity (Wildman–Crippen MR) is 86.5 cm³/mol. The maximum absolute atomic E-state index is 12.2. The molecule has 0 radical (unpaired) electrons. The number of rotatable bonds is 5. The maximum Gasteiger partial charge on any atom is 0.346 e. The molecule has 0 aliphatic carbocycles. The summed E-state index contributed by atoms with van der Waals surface area (Å²) in [6, 6.07) is 9.18. The molecule has 1 aliphatic rings. The van der Waals surface area contributed by atoms with Gasteiger partial charge in [0.2, 0.25) is 0 Å². The largest absolute Gasteiger partial charge is 0.462 e. The molecule has 1 aliphatic heterocycles. The number of nitrogens with zero attached hydrogens (tertiary/aromatic N) is 1. The van der Waals surface area contributed by atoms with E-state index in [9.17, 15) is 9.59 Å². The number of carbonyl (C=O) groups excluding carboxylic acids is 2. The van der Waals surface area contributed by atoms with E-state index in [0.29, 0.717) is 23.0 Å². The van der Waals surface area contributed by atoms with Crippen LogP contribution in [0, 0.1) is 0 Å². The topological polar surface area (TPSA) is 46.6 Å². The average molecular weight is 328 g/mol. The van der Waals surface area contributed by atoms with Gasteiger partial charge in [-0.25, -0.2) is 4.79 Å². The van der Waals surface area contributed by atoms with Crippen LogP contribution in [0.2, 0.25) is 0 Å². The van der Waals surface area contributed by atoms with Crippen LogP contribution in [-0.4, -0.2) is 35.7 Å². The van der Waals surface area contributed by atoms with Crippen LogP contribution in [-0.2, 0) is 9.53 Å². The van der Waals surface area contributed by atoms with Crippen molar-refractivity contribution in [2.45, 2.75) is 13.8 Å². The summed E-state index contributed by atoms with van der Waals surface area (Å²) in [6.45, 7) is 4.28. The highest BCUT2D eigenvalue weighted by Crippen LogP contribution is 2.32. The number of thioether (sulfide) groups is 1. The number of carbonyl (C=O) groups is 2. The Hall–Kier alpha value is -1.46. The molecular formula is C15H18ClNO3S. The summed E-state index contributed by atoms with van der Waals surface area (Å²) >= 11 is 1.42. The third-order valence-electron chi connectivity index (χ3n) is 3.06. The van der Waals surface area contributed by atoms with E-state index in [0.717, 1.165) is 5.70 Å². The fourth-order valence-corrected chi connectivity index (χ4v) is 3.03. The molecule has 0 N–H and O–H groups in total. The molecule has 0 amide bonds. The van der Waals surface area contributed by atoms with Gasteiger partial charge in [-0.15, -0.1) is 12.4 Å². The number of ketones is 1. The molecule has 1 heterocycles. The minimum Gasteiger partial charge on any atom is -0.462 e. The minimum atomic E-state index is -0.301. The summed E-state index contributed by atoms with van der Waals surface area (Å²) in [7, 11) is 0. The van der Waals surface area contributed by atoms with Crippen LogP contribution in [0.5, 0.6) is 0 Å². The number of allylic oxidation sites excluding steroid dienone is 1. The van der Waals surface area contributed by atoms with E-state index in [-0.39, 0.29) is 30.7 Å². The zero-order chi connectivity index (χ0) is 14.5. The molecule has 0 bridgehead atoms. The number of hydrogen-bond acceptors (Lipinski definition) is 5. The molecular weight excluding hydrogens is 310 g/mol. The van der Waals surface area contributed by atoms with Crippen LogP contribution in [0.15, 0.2) is 40.9 Å². The van der Waals surface area contributed by atoms with E-state index in [4.69, 9.17) is 4.74 Å². The summed E-state index contributed by atoms with van der Waals surface area (Å²) in [5.41, 5.74) is 1.51. The third-order valence-corrected chi connectivity index (χ3v) is 4.25. The van der Waals surface area contributed by atoms with E-state index >= 15 is 0 Å². The number of esters is 1. The number of hydrogen-bond donors (Lipinski definition) is 0. The lowest BCUT2D eigenvalue weighted by Crippen LogP contribution is -2.26. The lowest BCUT2D eigenvalue weighted by atomic mass is 10.1. The Kier molecular flexibility index (Phi) is 6.78. The van der Waals surface area contributed by atoms with E-state index in [2.05, 4.69) is 0 Å². The summed E-state index contributed by atoms with van der Waals surface area (Å²) in [4.78, 5) is 26.4. The molecule has 4 nitrogen and oxygen atoms in total. The van der Waals surface area contributed by atoms with E-state index in [1.807, 2.05) is 30.0 Å². The van der Waals surface area contributed by atoms with Crippen LogP contribution in [0.25, 0.3) is 0 Å². The van der Waals surface area contributed by atoms with Crippen LogP contribution in [0.3, 0.4) is 0 Å². The Balaban J connectivity index is 0.00000220. The molecule has 1 aromatic carbocycles. The van der Waals surface area contributed by atoms with Gasteiger partial charge in [-0.05, 0) is 13.8 Å². The normalized spacial score (nSPS) is 13.9. The van der Waals surface area contributed by atoms with Crippen molar-refractivity contribution in [1.82, 2.24) is 4.90 Å². The Labute approximate surface area is 134 Å². The second-order valence-electron chi connectivity index (χ2n) is 4.40. The van der Waals surface area contributed by atoms with E-state index < -0.39 is 0 Å². The van der Waals surface area contributed by atoms with Crippen LogP contribution >= 0.6 is 24.2 Å². The highest BCUT2D eigenvalue weighted by Gasteiger charge is 2.27. The van der Waals surface area contributed by atoms with Crippen molar-refractivity contribution < 1.29 is 14.3 Å². The maximum atomic E-state index is 12.2. The molecule has 0 saturated heterocycles. The smallest absolute Gasteiger partial charge is 0.346 e. The van der Waals surface area contributed by atoms with Crippen molar-refractivity contribution in [3.63, 3.8) is 0 Å². The number of Topliss-reactive ketones (excluding diaryl/α,β-unsaturated/α-hetero) is 1. The minimum absolute atomic E-state index is 0. The van der Waals surface area contributed by atoms with Crippen molar-refractivity contribution >= 4 is 35.9 Å². The summed E-state index contributed by atoms with van der Waals surface area (Å²) in [5.74, 6) is 0.360. The van der Waals surface area contributed by atoms with E-state index in [1.165, 1.54) is 11.8 Å².